The number of halogens is 3. The largest absolute Gasteiger partial charge is 0.497 e. The lowest BCUT2D eigenvalue weighted by Gasteiger charge is -2.36. The number of hydrogen-bond acceptors (Lipinski definition) is 6. The predicted molar refractivity (Wildman–Crippen MR) is 114 cm³/mol. The Labute approximate surface area is 186 Å². The van der Waals surface area contributed by atoms with Crippen LogP contribution >= 0.6 is 0 Å². The summed E-state index contributed by atoms with van der Waals surface area (Å²) in [4.78, 5) is 24.5. The molecule has 0 atom stereocenters. The van der Waals surface area contributed by atoms with Gasteiger partial charge in [-0.2, -0.15) is 23.4 Å². The van der Waals surface area contributed by atoms with Crippen molar-refractivity contribution in [2.45, 2.75) is 12.7 Å². The molecule has 2 amide bonds. The van der Waals surface area contributed by atoms with Crippen LogP contribution in [0.25, 0.3) is 0 Å². The number of amides is 2. The van der Waals surface area contributed by atoms with Crippen molar-refractivity contribution in [3.63, 3.8) is 0 Å². The Morgan fingerprint density at radius 1 is 1.12 bits per heavy atom. The summed E-state index contributed by atoms with van der Waals surface area (Å²) in [5.41, 5.74) is 1.92. The second-order valence-electron chi connectivity index (χ2n) is 7.07. The van der Waals surface area contributed by atoms with Gasteiger partial charge in [-0.3, -0.25) is 4.90 Å². The van der Waals surface area contributed by atoms with Crippen LogP contribution in [0.4, 0.5) is 41.1 Å². The molecular weight excluding hydrogens is 437 g/mol. The third kappa shape index (κ3) is 4.64. The third-order valence-electron chi connectivity index (χ3n) is 4.89. The van der Waals surface area contributed by atoms with Gasteiger partial charge in [-0.25, -0.2) is 14.7 Å². The molecule has 3 aromatic rings. The molecule has 168 valence electrons. The maximum Gasteiger partial charge on any atom is 0.405 e. The molecule has 4 rings (SSSR count). The number of carbonyl (C=O) groups excluding carboxylic acids is 1. The number of nitrogens with one attached hydrogen (secondary N) is 1. The molecule has 1 N–H and O–H groups in total. The fourth-order valence-corrected chi connectivity index (χ4v) is 3.30. The standard InChI is InChI=1S/C22H17F3N6O2/c1-33-18-8-6-16(7-9-18)30-12-15-11-27-20(28-13-22(23,24)25)29-19(15)31(21(30)32)17-4-2-14(10-26)3-5-17/h2-9,11H,12-13H2,1H3,(H,27,28,29). The number of anilines is 4. The number of rotatable bonds is 5. The first-order valence-corrected chi connectivity index (χ1v) is 9.71. The number of methoxy groups -OCH3 is 1. The zero-order valence-corrected chi connectivity index (χ0v) is 17.3. The Balaban J connectivity index is 1.76. The second-order valence-corrected chi connectivity index (χ2v) is 7.07. The highest BCUT2D eigenvalue weighted by Crippen LogP contribution is 2.36. The number of nitriles is 1. The van der Waals surface area contributed by atoms with E-state index >= 15 is 0 Å². The number of hydrogen-bond donors (Lipinski definition) is 1. The van der Waals surface area contributed by atoms with Crippen LogP contribution < -0.4 is 19.9 Å². The van der Waals surface area contributed by atoms with Crippen LogP contribution in [0.3, 0.4) is 0 Å². The number of carbonyl (C=O) groups is 1. The molecule has 0 radical (unpaired) electrons. The van der Waals surface area contributed by atoms with Crippen molar-refractivity contribution in [3.8, 4) is 11.8 Å². The minimum absolute atomic E-state index is 0.118. The fourth-order valence-electron chi connectivity index (χ4n) is 3.30. The highest BCUT2D eigenvalue weighted by Gasteiger charge is 2.35. The topological polar surface area (TPSA) is 94.4 Å². The van der Waals surface area contributed by atoms with E-state index in [4.69, 9.17) is 10.00 Å². The van der Waals surface area contributed by atoms with Gasteiger partial charge in [0.15, 0.2) is 5.82 Å². The summed E-state index contributed by atoms with van der Waals surface area (Å²) >= 11 is 0. The van der Waals surface area contributed by atoms with Gasteiger partial charge in [0.1, 0.15) is 12.3 Å². The first-order valence-electron chi connectivity index (χ1n) is 9.71. The van der Waals surface area contributed by atoms with Gasteiger partial charge in [0, 0.05) is 17.4 Å². The molecule has 0 fully saturated rings. The summed E-state index contributed by atoms with van der Waals surface area (Å²) in [6.07, 6.45) is -3.06. The van der Waals surface area contributed by atoms with Gasteiger partial charge < -0.3 is 10.1 Å². The van der Waals surface area contributed by atoms with Crippen molar-refractivity contribution in [2.24, 2.45) is 0 Å². The van der Waals surface area contributed by atoms with E-state index in [2.05, 4.69) is 15.3 Å². The SMILES string of the molecule is COc1ccc(N2Cc3cnc(NCC(F)(F)F)nc3N(c3ccc(C#N)cc3)C2=O)cc1. The van der Waals surface area contributed by atoms with Gasteiger partial charge in [0.25, 0.3) is 0 Å². The Morgan fingerprint density at radius 3 is 2.39 bits per heavy atom. The molecule has 2 heterocycles. The second kappa shape index (κ2) is 8.66. The van der Waals surface area contributed by atoms with Crippen LogP contribution in [0.15, 0.2) is 54.7 Å². The summed E-state index contributed by atoms with van der Waals surface area (Å²) in [6.45, 7) is -1.19. The zero-order valence-electron chi connectivity index (χ0n) is 17.3. The van der Waals surface area contributed by atoms with E-state index in [1.807, 2.05) is 6.07 Å². The van der Waals surface area contributed by atoms with E-state index in [-0.39, 0.29) is 18.3 Å². The van der Waals surface area contributed by atoms with E-state index in [1.165, 1.54) is 23.1 Å². The van der Waals surface area contributed by atoms with Crippen molar-refractivity contribution in [1.29, 1.82) is 5.26 Å². The number of alkyl halides is 3. The highest BCUT2D eigenvalue weighted by molar-refractivity contribution is 6.10. The van der Waals surface area contributed by atoms with Gasteiger partial charge in [-0.1, -0.05) is 0 Å². The van der Waals surface area contributed by atoms with Gasteiger partial charge in [0.05, 0.1) is 31.0 Å². The normalized spacial score (nSPS) is 13.4. The van der Waals surface area contributed by atoms with Crippen molar-refractivity contribution in [2.75, 3.05) is 28.8 Å². The lowest BCUT2D eigenvalue weighted by molar-refractivity contribution is -0.115. The summed E-state index contributed by atoms with van der Waals surface area (Å²) in [5.74, 6) is 0.529. The fraction of sp³-hybridized carbons (Fsp3) is 0.182. The van der Waals surface area contributed by atoms with E-state index in [1.54, 1.807) is 48.5 Å². The Bertz CT molecular complexity index is 1210. The maximum atomic E-state index is 13.5. The van der Waals surface area contributed by atoms with Crippen molar-refractivity contribution < 1.29 is 22.7 Å². The maximum absolute atomic E-state index is 13.5. The highest BCUT2D eigenvalue weighted by atomic mass is 19.4. The first kappa shape index (κ1) is 21.9. The number of benzene rings is 2. The Hall–Kier alpha value is -4.33. The molecule has 8 nitrogen and oxygen atoms in total. The minimum atomic E-state index is -4.45. The van der Waals surface area contributed by atoms with Gasteiger partial charge >= 0.3 is 12.2 Å². The molecule has 1 aromatic heterocycles. The lowest BCUT2D eigenvalue weighted by Crippen LogP contribution is -2.45. The number of fused-ring (bicyclic) bond motifs is 1. The molecule has 0 bridgehead atoms. The molecule has 33 heavy (non-hydrogen) atoms. The van der Waals surface area contributed by atoms with Crippen LogP contribution in [0.5, 0.6) is 5.75 Å². The Morgan fingerprint density at radius 2 is 1.79 bits per heavy atom. The molecule has 0 unspecified atom stereocenters. The van der Waals surface area contributed by atoms with Crippen molar-refractivity contribution in [1.82, 2.24) is 9.97 Å². The average molecular weight is 454 g/mol. The molecule has 1 aliphatic heterocycles. The van der Waals surface area contributed by atoms with E-state index in [0.717, 1.165) is 0 Å². The smallest absolute Gasteiger partial charge is 0.405 e. The van der Waals surface area contributed by atoms with Crippen LogP contribution in [-0.4, -0.2) is 35.8 Å². The summed E-state index contributed by atoms with van der Waals surface area (Å²) in [7, 11) is 1.53. The molecule has 0 saturated heterocycles. The minimum Gasteiger partial charge on any atom is -0.497 e. The molecule has 0 aliphatic carbocycles. The molecule has 2 aromatic carbocycles. The zero-order chi connectivity index (χ0) is 23.6. The van der Waals surface area contributed by atoms with E-state index in [9.17, 15) is 18.0 Å². The summed E-state index contributed by atoms with van der Waals surface area (Å²) in [6, 6.07) is 14.6. The first-order chi connectivity index (χ1) is 15.8. The summed E-state index contributed by atoms with van der Waals surface area (Å²) in [5, 5.41) is 11.2. The average Bonchev–Trinajstić information content (AvgIpc) is 2.82. The van der Waals surface area contributed by atoms with Crippen molar-refractivity contribution >= 4 is 29.2 Å². The summed E-state index contributed by atoms with van der Waals surface area (Å²) < 4.78 is 43.0. The van der Waals surface area contributed by atoms with Crippen LogP contribution in [-0.2, 0) is 6.54 Å². The molecule has 0 saturated carbocycles. The van der Waals surface area contributed by atoms with Crippen LogP contribution in [0.2, 0.25) is 0 Å². The van der Waals surface area contributed by atoms with Gasteiger partial charge in [-0.15, -0.1) is 0 Å². The number of nitrogens with zero attached hydrogens (tertiary/aromatic N) is 5. The lowest BCUT2D eigenvalue weighted by atomic mass is 10.1. The van der Waals surface area contributed by atoms with Crippen LogP contribution in [0.1, 0.15) is 11.1 Å². The van der Waals surface area contributed by atoms with Gasteiger partial charge in [0.2, 0.25) is 5.95 Å². The molecule has 0 spiro atoms. The number of urea groups is 1. The number of ether oxygens (including phenoxy) is 1. The monoisotopic (exact) mass is 454 g/mol. The Kier molecular flexibility index (Phi) is 5.74. The van der Waals surface area contributed by atoms with E-state index in [0.29, 0.717) is 28.3 Å². The molecular formula is C22H17F3N6O2. The van der Waals surface area contributed by atoms with E-state index < -0.39 is 18.8 Å². The van der Waals surface area contributed by atoms with Crippen molar-refractivity contribution in [3.05, 3.63) is 65.9 Å². The quantitative estimate of drug-likeness (QED) is 0.605. The third-order valence-corrected chi connectivity index (χ3v) is 4.89. The molecule has 11 heteroatoms. The number of aromatic nitrogens is 2. The predicted octanol–water partition coefficient (Wildman–Crippen LogP) is 4.61. The van der Waals surface area contributed by atoms with Crippen LogP contribution in [0, 0.1) is 11.3 Å². The molecule has 1 aliphatic rings. The van der Waals surface area contributed by atoms with Gasteiger partial charge in [-0.05, 0) is 48.5 Å².